The maximum atomic E-state index is 12.7. The molecule has 5 rings (SSSR count). The molecule has 0 amide bonds. The molecule has 0 aliphatic rings. The van der Waals surface area contributed by atoms with Gasteiger partial charge in [0.2, 0.25) is 4.96 Å². The Kier molecular flexibility index (Phi) is 4.47. The molecule has 0 atom stereocenters. The largest absolute Gasteiger partial charge is 0.457 e. The van der Waals surface area contributed by atoms with Crippen LogP contribution in [0.25, 0.3) is 33.7 Å². The molecule has 0 aliphatic carbocycles. The van der Waals surface area contributed by atoms with Crippen LogP contribution in [-0.2, 0) is 0 Å². The molecule has 29 heavy (non-hydrogen) atoms. The van der Waals surface area contributed by atoms with Gasteiger partial charge in [-0.2, -0.15) is 9.50 Å². The van der Waals surface area contributed by atoms with Crippen LogP contribution in [0.3, 0.4) is 0 Å². The summed E-state index contributed by atoms with van der Waals surface area (Å²) < 4.78 is 7.65. The van der Waals surface area contributed by atoms with Crippen molar-refractivity contribution in [3.05, 3.63) is 91.4 Å². The van der Waals surface area contributed by atoms with Crippen LogP contribution < -0.4 is 10.1 Å². The van der Waals surface area contributed by atoms with E-state index in [4.69, 9.17) is 27.6 Å². The van der Waals surface area contributed by atoms with E-state index in [1.165, 1.54) is 15.9 Å². The molecule has 0 radical (unpaired) electrons. The zero-order valence-electron chi connectivity index (χ0n) is 14.7. The summed E-state index contributed by atoms with van der Waals surface area (Å²) in [5.41, 5.74) is 1.43. The lowest BCUT2D eigenvalue weighted by Crippen LogP contribution is -2.23. The van der Waals surface area contributed by atoms with Crippen LogP contribution in [0.15, 0.2) is 69.9 Å². The standard InChI is InChI=1S/C21H11Cl2N3O2S/c22-14-6-4-12(5-7-14)17-9-8-16(28-17)11-18-20(27)26-21(29-18)24-19(25-26)13-2-1-3-15(23)10-13/h1-11H. The number of hydrogen-bond donors (Lipinski definition) is 0. The lowest BCUT2D eigenvalue weighted by atomic mass is 10.2. The lowest BCUT2D eigenvalue weighted by molar-refractivity contribution is 0.571. The van der Waals surface area contributed by atoms with E-state index in [-0.39, 0.29) is 5.56 Å². The molecule has 3 aromatic heterocycles. The third-order valence-corrected chi connectivity index (χ3v) is 5.74. The van der Waals surface area contributed by atoms with Crippen molar-refractivity contribution >= 4 is 45.6 Å². The van der Waals surface area contributed by atoms with Gasteiger partial charge in [-0.15, -0.1) is 5.10 Å². The van der Waals surface area contributed by atoms with E-state index in [1.807, 2.05) is 36.4 Å². The average molecular weight is 440 g/mol. The first kappa shape index (κ1) is 18.1. The van der Waals surface area contributed by atoms with Crippen molar-refractivity contribution in [2.75, 3.05) is 0 Å². The molecular formula is C21H11Cl2N3O2S. The van der Waals surface area contributed by atoms with Crippen molar-refractivity contribution in [1.29, 1.82) is 0 Å². The molecule has 0 unspecified atom stereocenters. The summed E-state index contributed by atoms with van der Waals surface area (Å²) >= 11 is 13.2. The van der Waals surface area contributed by atoms with E-state index >= 15 is 0 Å². The lowest BCUT2D eigenvalue weighted by Gasteiger charge is -1.96. The van der Waals surface area contributed by atoms with Gasteiger partial charge in [-0.1, -0.05) is 46.7 Å². The van der Waals surface area contributed by atoms with E-state index < -0.39 is 0 Å². The van der Waals surface area contributed by atoms with Crippen molar-refractivity contribution in [1.82, 2.24) is 14.6 Å². The van der Waals surface area contributed by atoms with Crippen LogP contribution in [0.5, 0.6) is 0 Å². The van der Waals surface area contributed by atoms with E-state index in [0.717, 1.165) is 11.1 Å². The minimum Gasteiger partial charge on any atom is -0.457 e. The first-order valence-corrected chi connectivity index (χ1v) is 10.2. The van der Waals surface area contributed by atoms with Crippen LogP contribution >= 0.6 is 34.5 Å². The molecule has 3 heterocycles. The Labute approximate surface area is 178 Å². The maximum absolute atomic E-state index is 12.7. The molecule has 8 heteroatoms. The van der Waals surface area contributed by atoms with Crippen LogP contribution in [-0.4, -0.2) is 14.6 Å². The third kappa shape index (κ3) is 3.46. The Balaban J connectivity index is 1.52. The fraction of sp³-hybridized carbons (Fsp3) is 0. The number of halogens is 2. The molecule has 0 saturated carbocycles. The van der Waals surface area contributed by atoms with Gasteiger partial charge < -0.3 is 4.42 Å². The second kappa shape index (κ2) is 7.15. The highest BCUT2D eigenvalue weighted by atomic mass is 35.5. The smallest absolute Gasteiger partial charge is 0.291 e. The number of benzene rings is 2. The van der Waals surface area contributed by atoms with Gasteiger partial charge in [0, 0.05) is 27.2 Å². The van der Waals surface area contributed by atoms with E-state index in [2.05, 4.69) is 10.1 Å². The summed E-state index contributed by atoms with van der Waals surface area (Å²) in [6.07, 6.45) is 1.70. The predicted octanol–water partition coefficient (Wildman–Crippen LogP) is 4.93. The normalized spacial score (nSPS) is 12.1. The second-order valence-corrected chi connectivity index (χ2v) is 8.15. The van der Waals surface area contributed by atoms with Crippen LogP contribution in [0, 0.1) is 0 Å². The first-order valence-electron chi connectivity index (χ1n) is 8.60. The minimum absolute atomic E-state index is 0.241. The van der Waals surface area contributed by atoms with Crippen LogP contribution in [0.1, 0.15) is 5.76 Å². The summed E-state index contributed by atoms with van der Waals surface area (Å²) in [7, 11) is 0. The van der Waals surface area contributed by atoms with Crippen LogP contribution in [0.2, 0.25) is 10.0 Å². The van der Waals surface area contributed by atoms with Gasteiger partial charge in [0.05, 0.1) is 0 Å². The highest BCUT2D eigenvalue weighted by molar-refractivity contribution is 7.15. The third-order valence-electron chi connectivity index (χ3n) is 4.29. The second-order valence-electron chi connectivity index (χ2n) is 6.26. The van der Waals surface area contributed by atoms with Crippen molar-refractivity contribution in [3.63, 3.8) is 0 Å². The number of furan rings is 1. The summed E-state index contributed by atoms with van der Waals surface area (Å²) in [4.78, 5) is 17.7. The van der Waals surface area contributed by atoms with Crippen LogP contribution in [0.4, 0.5) is 0 Å². The van der Waals surface area contributed by atoms with Crippen molar-refractivity contribution < 1.29 is 4.42 Å². The van der Waals surface area contributed by atoms with Gasteiger partial charge in [0.25, 0.3) is 5.56 Å². The Morgan fingerprint density at radius 2 is 1.79 bits per heavy atom. The molecule has 0 spiro atoms. The van der Waals surface area contributed by atoms with Gasteiger partial charge >= 0.3 is 0 Å². The van der Waals surface area contributed by atoms with E-state index in [0.29, 0.717) is 36.9 Å². The van der Waals surface area contributed by atoms with Crippen molar-refractivity contribution in [2.24, 2.45) is 0 Å². The Morgan fingerprint density at radius 1 is 0.966 bits per heavy atom. The van der Waals surface area contributed by atoms with Gasteiger partial charge in [0.15, 0.2) is 5.82 Å². The van der Waals surface area contributed by atoms with Crippen molar-refractivity contribution in [2.45, 2.75) is 0 Å². The van der Waals surface area contributed by atoms with E-state index in [1.54, 1.807) is 30.3 Å². The molecule has 2 aromatic carbocycles. The monoisotopic (exact) mass is 439 g/mol. The molecule has 0 fully saturated rings. The fourth-order valence-corrected chi connectivity index (χ4v) is 4.12. The molecule has 0 aliphatic heterocycles. The quantitative estimate of drug-likeness (QED) is 0.399. The Hall–Kier alpha value is -2.93. The molecule has 0 bridgehead atoms. The van der Waals surface area contributed by atoms with Crippen molar-refractivity contribution in [3.8, 4) is 22.7 Å². The molecule has 5 nitrogen and oxygen atoms in total. The van der Waals surface area contributed by atoms with Gasteiger partial charge in [-0.25, -0.2) is 0 Å². The molecule has 0 saturated heterocycles. The summed E-state index contributed by atoms with van der Waals surface area (Å²) in [6, 6.07) is 18.2. The van der Waals surface area contributed by atoms with E-state index in [9.17, 15) is 4.79 Å². The molecule has 5 aromatic rings. The summed E-state index contributed by atoms with van der Waals surface area (Å²) in [5, 5.41) is 5.58. The summed E-state index contributed by atoms with van der Waals surface area (Å²) in [5.74, 6) is 1.74. The number of hydrogen-bond acceptors (Lipinski definition) is 5. The Morgan fingerprint density at radius 3 is 2.55 bits per heavy atom. The average Bonchev–Trinajstić information content (AvgIpc) is 3.41. The van der Waals surface area contributed by atoms with Gasteiger partial charge in [-0.05, 0) is 48.5 Å². The SMILES string of the molecule is O=c1c(=Cc2ccc(-c3ccc(Cl)cc3)o2)sc2nc(-c3cccc(Cl)c3)nn12. The molecule has 0 N–H and O–H groups in total. The number of fused-ring (bicyclic) bond motifs is 1. The highest BCUT2D eigenvalue weighted by Gasteiger charge is 2.13. The fourth-order valence-electron chi connectivity index (χ4n) is 2.91. The number of thiazole rings is 1. The van der Waals surface area contributed by atoms with Gasteiger partial charge in [-0.3, -0.25) is 4.79 Å². The first-order chi connectivity index (χ1) is 14.1. The zero-order valence-corrected chi connectivity index (χ0v) is 17.0. The molecular weight excluding hydrogens is 429 g/mol. The highest BCUT2D eigenvalue weighted by Crippen LogP contribution is 2.24. The summed E-state index contributed by atoms with van der Waals surface area (Å²) in [6.45, 7) is 0. The topological polar surface area (TPSA) is 60.4 Å². The number of aromatic nitrogens is 3. The molecule has 142 valence electrons. The number of rotatable bonds is 3. The van der Waals surface area contributed by atoms with Gasteiger partial charge in [0.1, 0.15) is 16.1 Å². The maximum Gasteiger partial charge on any atom is 0.291 e. The predicted molar refractivity (Wildman–Crippen MR) is 116 cm³/mol. The Bertz CT molecular complexity index is 1450. The minimum atomic E-state index is -0.241. The zero-order chi connectivity index (χ0) is 20.0. The number of nitrogens with zero attached hydrogens (tertiary/aromatic N) is 3.